The summed E-state index contributed by atoms with van der Waals surface area (Å²) in [5.41, 5.74) is 2.55. The van der Waals surface area contributed by atoms with Crippen molar-refractivity contribution < 1.29 is 14.3 Å². The number of nitrogens with zero attached hydrogens (tertiary/aromatic N) is 4. The van der Waals surface area contributed by atoms with Crippen molar-refractivity contribution in [2.75, 3.05) is 25.7 Å². The van der Waals surface area contributed by atoms with E-state index in [2.05, 4.69) is 18.0 Å². The van der Waals surface area contributed by atoms with Crippen LogP contribution in [-0.4, -0.2) is 41.2 Å². The highest BCUT2D eigenvalue weighted by molar-refractivity contribution is 7.22. The van der Waals surface area contributed by atoms with Crippen LogP contribution in [-0.2, 0) is 6.54 Å². The zero-order valence-electron chi connectivity index (χ0n) is 18.1. The molecule has 32 heavy (non-hydrogen) atoms. The Hall–Kier alpha value is -3.10. The van der Waals surface area contributed by atoms with Gasteiger partial charge in [-0.25, -0.2) is 9.97 Å². The fourth-order valence-electron chi connectivity index (χ4n) is 3.34. The predicted octanol–water partition coefficient (Wildman–Crippen LogP) is 4.98. The van der Waals surface area contributed by atoms with Gasteiger partial charge in [-0.2, -0.15) is 0 Å². The summed E-state index contributed by atoms with van der Waals surface area (Å²) >= 11 is 1.52. The van der Waals surface area contributed by atoms with E-state index < -0.39 is 0 Å². The smallest absolute Gasteiger partial charge is 0.260 e. The first-order valence-electron chi connectivity index (χ1n) is 9.95. The van der Waals surface area contributed by atoms with Crippen LogP contribution in [0.15, 0.2) is 55.1 Å². The van der Waals surface area contributed by atoms with Crippen LogP contribution in [0.4, 0.5) is 5.13 Å². The number of imidazole rings is 1. The number of hydrogen-bond acceptors (Lipinski definition) is 6. The number of rotatable bonds is 8. The molecule has 9 heteroatoms. The average Bonchev–Trinajstić information content (AvgIpc) is 3.45. The molecule has 0 N–H and O–H groups in total. The zero-order valence-corrected chi connectivity index (χ0v) is 19.8. The van der Waals surface area contributed by atoms with Gasteiger partial charge < -0.3 is 14.0 Å². The van der Waals surface area contributed by atoms with E-state index in [1.165, 1.54) is 16.9 Å². The molecule has 2 aromatic carbocycles. The number of aryl methyl sites for hydroxylation is 2. The van der Waals surface area contributed by atoms with Gasteiger partial charge in [-0.3, -0.25) is 9.69 Å². The lowest BCUT2D eigenvalue weighted by molar-refractivity contribution is 0.0985. The van der Waals surface area contributed by atoms with Gasteiger partial charge in [0.25, 0.3) is 5.91 Å². The maximum absolute atomic E-state index is 13.6. The van der Waals surface area contributed by atoms with Crippen LogP contribution in [0, 0.1) is 6.92 Å². The number of benzene rings is 2. The van der Waals surface area contributed by atoms with Crippen LogP contribution < -0.4 is 14.4 Å². The second kappa shape index (κ2) is 10.5. The molecular weight excluding hydrogens is 448 g/mol. The summed E-state index contributed by atoms with van der Waals surface area (Å²) in [5.74, 6) is 1.00. The monoisotopic (exact) mass is 472 g/mol. The van der Waals surface area contributed by atoms with E-state index in [1.807, 2.05) is 22.9 Å². The van der Waals surface area contributed by atoms with Crippen molar-refractivity contribution in [1.82, 2.24) is 14.5 Å². The van der Waals surface area contributed by atoms with E-state index in [4.69, 9.17) is 14.5 Å². The lowest BCUT2D eigenvalue weighted by Crippen LogP contribution is -2.32. The highest BCUT2D eigenvalue weighted by Gasteiger charge is 2.22. The summed E-state index contributed by atoms with van der Waals surface area (Å²) in [4.78, 5) is 24.1. The van der Waals surface area contributed by atoms with Crippen molar-refractivity contribution in [1.29, 1.82) is 0 Å². The third kappa shape index (κ3) is 5.20. The first-order chi connectivity index (χ1) is 15.1. The van der Waals surface area contributed by atoms with Gasteiger partial charge >= 0.3 is 0 Å². The second-order valence-corrected chi connectivity index (χ2v) is 8.19. The number of aromatic nitrogens is 3. The molecule has 0 radical (unpaired) electrons. The second-order valence-electron chi connectivity index (χ2n) is 7.18. The van der Waals surface area contributed by atoms with Crippen molar-refractivity contribution in [2.24, 2.45) is 0 Å². The lowest BCUT2D eigenvalue weighted by atomic mass is 10.1. The number of carbonyl (C=O) groups is 1. The number of amides is 1. The number of carbonyl (C=O) groups excluding carboxylic acids is 1. The van der Waals surface area contributed by atoms with Crippen LogP contribution in [0.25, 0.3) is 10.2 Å². The van der Waals surface area contributed by atoms with E-state index in [0.29, 0.717) is 28.7 Å². The van der Waals surface area contributed by atoms with Gasteiger partial charge in [0.2, 0.25) is 0 Å². The zero-order chi connectivity index (χ0) is 21.8. The molecule has 0 saturated carbocycles. The molecule has 0 saturated heterocycles. The molecular formula is C23H25ClN4O3S. The molecule has 0 aliphatic heterocycles. The minimum atomic E-state index is -0.140. The molecule has 0 fully saturated rings. The first-order valence-corrected chi connectivity index (χ1v) is 10.8. The fourth-order valence-corrected chi connectivity index (χ4v) is 4.42. The predicted molar refractivity (Wildman–Crippen MR) is 130 cm³/mol. The molecule has 168 valence electrons. The molecule has 0 bridgehead atoms. The van der Waals surface area contributed by atoms with E-state index in [9.17, 15) is 4.79 Å². The van der Waals surface area contributed by atoms with Gasteiger partial charge in [-0.1, -0.05) is 17.4 Å². The Morgan fingerprint density at radius 2 is 1.88 bits per heavy atom. The third-order valence-corrected chi connectivity index (χ3v) is 6.01. The van der Waals surface area contributed by atoms with E-state index in [-0.39, 0.29) is 18.3 Å². The van der Waals surface area contributed by atoms with Gasteiger partial charge in [-0.05, 0) is 43.2 Å². The van der Waals surface area contributed by atoms with Gasteiger partial charge in [0.1, 0.15) is 11.5 Å². The number of thiazole rings is 1. The first kappa shape index (κ1) is 23.6. The van der Waals surface area contributed by atoms with Crippen LogP contribution in [0.5, 0.6) is 11.5 Å². The molecule has 1 amide bonds. The summed E-state index contributed by atoms with van der Waals surface area (Å²) in [5, 5.41) is 0.679. The molecule has 0 spiro atoms. The largest absolute Gasteiger partial charge is 0.497 e. The van der Waals surface area contributed by atoms with E-state index in [0.717, 1.165) is 23.2 Å². The number of anilines is 1. The number of ether oxygens (including phenoxy) is 2. The van der Waals surface area contributed by atoms with E-state index >= 15 is 0 Å². The Morgan fingerprint density at radius 1 is 1.12 bits per heavy atom. The Balaban J connectivity index is 0.00000289. The lowest BCUT2D eigenvalue weighted by Gasteiger charge is -2.20. The SMILES string of the molecule is COc1cc(OC)cc(C(=O)N(CCCn2ccnc2)c2nc3ccc(C)cc3s2)c1.Cl. The molecule has 4 rings (SSSR count). The molecule has 2 heterocycles. The van der Waals surface area contributed by atoms with Crippen LogP contribution in [0.1, 0.15) is 22.3 Å². The normalized spacial score (nSPS) is 10.6. The minimum Gasteiger partial charge on any atom is -0.497 e. The standard InChI is InChI=1S/C23H24N4O3S.ClH/c1-16-5-6-20-21(11-16)31-23(25-20)27(9-4-8-26-10-7-24-15-26)22(28)17-12-18(29-2)14-19(13-17)30-3;/h5-7,10-15H,4,8-9H2,1-3H3;1H. The summed E-state index contributed by atoms with van der Waals surface area (Å²) in [6.07, 6.45) is 6.21. The van der Waals surface area contributed by atoms with Crippen molar-refractivity contribution >= 4 is 45.0 Å². The van der Waals surface area contributed by atoms with E-state index in [1.54, 1.807) is 49.8 Å². The Bertz CT molecular complexity index is 1170. The number of fused-ring (bicyclic) bond motifs is 1. The quantitative estimate of drug-likeness (QED) is 0.362. The Kier molecular flexibility index (Phi) is 7.71. The van der Waals surface area contributed by atoms with Crippen molar-refractivity contribution in [3.8, 4) is 11.5 Å². The van der Waals surface area contributed by atoms with Gasteiger partial charge in [-0.15, -0.1) is 12.4 Å². The van der Waals surface area contributed by atoms with Crippen molar-refractivity contribution in [2.45, 2.75) is 19.9 Å². The van der Waals surface area contributed by atoms with Crippen molar-refractivity contribution in [3.63, 3.8) is 0 Å². The number of hydrogen-bond donors (Lipinski definition) is 0. The highest BCUT2D eigenvalue weighted by Crippen LogP contribution is 2.32. The fraction of sp³-hybridized carbons (Fsp3) is 0.261. The molecule has 0 atom stereocenters. The maximum Gasteiger partial charge on any atom is 0.260 e. The molecule has 7 nitrogen and oxygen atoms in total. The Labute approximate surface area is 197 Å². The van der Waals surface area contributed by atoms with Gasteiger partial charge in [0.05, 0.1) is 30.8 Å². The topological polar surface area (TPSA) is 69.5 Å². The molecule has 2 aromatic heterocycles. The minimum absolute atomic E-state index is 0. The Morgan fingerprint density at radius 3 is 2.53 bits per heavy atom. The third-order valence-electron chi connectivity index (χ3n) is 4.96. The molecule has 0 aliphatic rings. The van der Waals surface area contributed by atoms with Gasteiger partial charge in [0, 0.05) is 37.1 Å². The molecule has 0 aliphatic carbocycles. The highest BCUT2D eigenvalue weighted by atomic mass is 35.5. The summed E-state index contributed by atoms with van der Waals surface area (Å²) in [7, 11) is 3.14. The summed E-state index contributed by atoms with van der Waals surface area (Å²) in [6.45, 7) is 3.33. The van der Waals surface area contributed by atoms with Gasteiger partial charge in [0.15, 0.2) is 5.13 Å². The number of halogens is 1. The molecule has 4 aromatic rings. The van der Waals surface area contributed by atoms with Crippen molar-refractivity contribution in [3.05, 3.63) is 66.2 Å². The van der Waals surface area contributed by atoms with Crippen LogP contribution in [0.3, 0.4) is 0 Å². The maximum atomic E-state index is 13.6. The number of methoxy groups -OCH3 is 2. The average molecular weight is 473 g/mol. The van der Waals surface area contributed by atoms with Crippen LogP contribution >= 0.6 is 23.7 Å². The summed E-state index contributed by atoms with van der Waals surface area (Å²) in [6, 6.07) is 11.3. The van der Waals surface area contributed by atoms with Crippen LogP contribution in [0.2, 0.25) is 0 Å². The molecule has 0 unspecified atom stereocenters. The summed E-state index contributed by atoms with van der Waals surface area (Å²) < 4.78 is 13.8.